The second kappa shape index (κ2) is 8.33. The van der Waals surface area contributed by atoms with Crippen LogP contribution in [0.1, 0.15) is 69.3 Å². The van der Waals surface area contributed by atoms with Crippen LogP contribution in [0, 0.1) is 0 Å². The van der Waals surface area contributed by atoms with Gasteiger partial charge in [0.05, 0.1) is 6.04 Å². The van der Waals surface area contributed by atoms with E-state index in [1.165, 1.54) is 16.7 Å². The van der Waals surface area contributed by atoms with E-state index >= 15 is 0 Å². The number of rotatable bonds is 6. The van der Waals surface area contributed by atoms with Gasteiger partial charge in [-0.2, -0.15) is 0 Å². The van der Waals surface area contributed by atoms with Crippen LogP contribution >= 0.6 is 0 Å². The Kier molecular flexibility index (Phi) is 6.41. The summed E-state index contributed by atoms with van der Waals surface area (Å²) >= 11 is 0. The highest BCUT2D eigenvalue weighted by Crippen LogP contribution is 2.22. The molecule has 1 amide bonds. The van der Waals surface area contributed by atoms with Crippen LogP contribution in [0.2, 0.25) is 0 Å². The summed E-state index contributed by atoms with van der Waals surface area (Å²) < 4.78 is 0. The van der Waals surface area contributed by atoms with E-state index < -0.39 is 0 Å². The summed E-state index contributed by atoms with van der Waals surface area (Å²) in [5, 5.41) is 3.10. The van der Waals surface area contributed by atoms with Gasteiger partial charge in [-0.05, 0) is 47.4 Å². The summed E-state index contributed by atoms with van der Waals surface area (Å²) in [5.74, 6) is 0.104. The van der Waals surface area contributed by atoms with Crippen LogP contribution in [0.5, 0.6) is 0 Å². The number of carbonyl (C=O) groups excluding carboxylic acids is 1. The van der Waals surface area contributed by atoms with Crippen LogP contribution in [0.25, 0.3) is 0 Å². The Hall–Kier alpha value is -2.09. The van der Waals surface area contributed by atoms with Gasteiger partial charge in [-0.3, -0.25) is 4.79 Å². The molecule has 0 fully saturated rings. The summed E-state index contributed by atoms with van der Waals surface area (Å²) in [6.07, 6.45) is 2.33. The van der Waals surface area contributed by atoms with Crippen molar-refractivity contribution >= 4 is 5.91 Å². The second-order valence-electron chi connectivity index (χ2n) is 7.83. The summed E-state index contributed by atoms with van der Waals surface area (Å²) in [7, 11) is 0. The molecule has 0 aliphatic heterocycles. The largest absolute Gasteiger partial charge is 0.350 e. The molecule has 2 aromatic rings. The molecular formula is C23H31NO. The lowest BCUT2D eigenvalue weighted by Gasteiger charge is -2.19. The maximum Gasteiger partial charge on any atom is 0.220 e. The fourth-order valence-corrected chi connectivity index (χ4v) is 2.87. The van der Waals surface area contributed by atoms with Gasteiger partial charge >= 0.3 is 0 Å². The maximum absolute atomic E-state index is 12.2. The number of benzene rings is 2. The number of carbonyl (C=O) groups is 1. The zero-order valence-electron chi connectivity index (χ0n) is 16.2. The summed E-state index contributed by atoms with van der Waals surface area (Å²) in [6.45, 7) is 10.8. The van der Waals surface area contributed by atoms with Crippen molar-refractivity contribution in [2.24, 2.45) is 0 Å². The molecule has 0 saturated carbocycles. The number of amides is 1. The quantitative estimate of drug-likeness (QED) is 0.755. The first-order valence-electron chi connectivity index (χ1n) is 9.27. The Morgan fingerprint density at radius 2 is 1.52 bits per heavy atom. The molecule has 1 N–H and O–H groups in total. The lowest BCUT2D eigenvalue weighted by atomic mass is 9.86. The van der Waals surface area contributed by atoms with E-state index in [0.29, 0.717) is 6.42 Å². The summed E-state index contributed by atoms with van der Waals surface area (Å²) in [4.78, 5) is 12.2. The first kappa shape index (κ1) is 19.2. The first-order valence-corrected chi connectivity index (χ1v) is 9.27. The van der Waals surface area contributed by atoms with Gasteiger partial charge in [-0.25, -0.2) is 0 Å². The van der Waals surface area contributed by atoms with E-state index in [4.69, 9.17) is 0 Å². The third kappa shape index (κ3) is 5.74. The lowest BCUT2D eigenvalue weighted by Crippen LogP contribution is -2.26. The van der Waals surface area contributed by atoms with Crippen molar-refractivity contribution in [3.05, 3.63) is 70.8 Å². The van der Waals surface area contributed by atoms with Gasteiger partial charge in [0.1, 0.15) is 0 Å². The fourth-order valence-electron chi connectivity index (χ4n) is 2.87. The molecule has 25 heavy (non-hydrogen) atoms. The minimum absolute atomic E-state index is 0.0432. The van der Waals surface area contributed by atoms with Crippen LogP contribution in [0.4, 0.5) is 0 Å². The highest BCUT2D eigenvalue weighted by atomic mass is 16.1. The highest BCUT2D eigenvalue weighted by Gasteiger charge is 2.13. The molecule has 2 nitrogen and oxygen atoms in total. The van der Waals surface area contributed by atoms with E-state index in [1.807, 2.05) is 6.92 Å². The van der Waals surface area contributed by atoms with Crippen molar-refractivity contribution in [3.63, 3.8) is 0 Å². The first-order chi connectivity index (χ1) is 11.8. The van der Waals surface area contributed by atoms with Crippen LogP contribution in [-0.4, -0.2) is 5.91 Å². The van der Waals surface area contributed by atoms with Gasteiger partial charge < -0.3 is 5.32 Å². The van der Waals surface area contributed by atoms with Crippen molar-refractivity contribution in [3.8, 4) is 0 Å². The average molecular weight is 338 g/mol. The fraction of sp³-hybridized carbons (Fsp3) is 0.435. The predicted molar refractivity (Wildman–Crippen MR) is 106 cm³/mol. The number of aryl methyl sites for hydroxylation is 2. The molecule has 0 spiro atoms. The van der Waals surface area contributed by atoms with E-state index in [2.05, 4.69) is 81.5 Å². The monoisotopic (exact) mass is 337 g/mol. The molecule has 0 radical (unpaired) electrons. The van der Waals surface area contributed by atoms with Crippen molar-refractivity contribution in [2.45, 2.75) is 65.3 Å². The average Bonchev–Trinajstić information content (AvgIpc) is 2.59. The Labute approximate surface area is 152 Å². The van der Waals surface area contributed by atoms with Gasteiger partial charge in [0.15, 0.2) is 0 Å². The molecule has 0 aliphatic carbocycles. The van der Waals surface area contributed by atoms with Gasteiger partial charge in [0, 0.05) is 6.42 Å². The van der Waals surface area contributed by atoms with Gasteiger partial charge in [0.25, 0.3) is 0 Å². The summed E-state index contributed by atoms with van der Waals surface area (Å²) in [5.41, 5.74) is 5.17. The van der Waals surface area contributed by atoms with E-state index in [1.54, 1.807) is 0 Å². The predicted octanol–water partition coefficient (Wildman–Crippen LogP) is 5.36. The molecule has 0 heterocycles. The van der Waals surface area contributed by atoms with E-state index in [-0.39, 0.29) is 17.4 Å². The van der Waals surface area contributed by atoms with Gasteiger partial charge in [-0.1, -0.05) is 76.2 Å². The third-order valence-electron chi connectivity index (χ3n) is 4.73. The molecule has 1 atom stereocenters. The second-order valence-corrected chi connectivity index (χ2v) is 7.83. The topological polar surface area (TPSA) is 29.1 Å². The molecule has 2 heteroatoms. The minimum atomic E-state index is 0.0432. The molecular weight excluding hydrogens is 306 g/mol. The molecule has 2 rings (SSSR count). The van der Waals surface area contributed by atoms with Crippen LogP contribution in [0.15, 0.2) is 48.5 Å². The molecule has 2 aromatic carbocycles. The molecule has 0 saturated heterocycles. The Morgan fingerprint density at radius 1 is 0.960 bits per heavy atom. The van der Waals surface area contributed by atoms with Crippen molar-refractivity contribution in [2.75, 3.05) is 0 Å². The van der Waals surface area contributed by atoms with Crippen LogP contribution in [-0.2, 0) is 23.1 Å². The Bertz CT molecular complexity index is 678. The van der Waals surface area contributed by atoms with Crippen LogP contribution < -0.4 is 5.32 Å². The third-order valence-corrected chi connectivity index (χ3v) is 4.73. The Morgan fingerprint density at radius 3 is 2.04 bits per heavy atom. The number of nitrogens with one attached hydrogen (secondary N) is 1. The van der Waals surface area contributed by atoms with Crippen molar-refractivity contribution in [1.29, 1.82) is 0 Å². The van der Waals surface area contributed by atoms with E-state index in [0.717, 1.165) is 18.4 Å². The molecule has 0 aromatic heterocycles. The smallest absolute Gasteiger partial charge is 0.220 e. The zero-order chi connectivity index (χ0) is 18.4. The number of hydrogen-bond donors (Lipinski definition) is 1. The normalized spacial score (nSPS) is 12.7. The summed E-state index contributed by atoms with van der Waals surface area (Å²) in [6, 6.07) is 17.1. The molecule has 134 valence electrons. The number of hydrogen-bond acceptors (Lipinski definition) is 1. The highest BCUT2D eigenvalue weighted by molar-refractivity contribution is 5.76. The zero-order valence-corrected chi connectivity index (χ0v) is 16.2. The van der Waals surface area contributed by atoms with Gasteiger partial charge in [-0.15, -0.1) is 0 Å². The maximum atomic E-state index is 12.2. The SMILES string of the molecule is CCc1ccc([C@@H](C)NC(=O)CCc2ccc(C(C)(C)C)cc2)cc1. The molecule has 0 bridgehead atoms. The van der Waals surface area contributed by atoms with E-state index in [9.17, 15) is 4.79 Å². The van der Waals surface area contributed by atoms with Crippen LogP contribution in [0.3, 0.4) is 0 Å². The minimum Gasteiger partial charge on any atom is -0.350 e. The van der Waals surface area contributed by atoms with Crippen molar-refractivity contribution in [1.82, 2.24) is 5.32 Å². The molecule has 0 aliphatic rings. The van der Waals surface area contributed by atoms with Crippen molar-refractivity contribution < 1.29 is 4.79 Å². The standard InChI is InChI=1S/C23H31NO/c1-6-18-7-12-20(13-8-18)17(2)24-22(25)16-11-19-9-14-21(15-10-19)23(3,4)5/h7-10,12-15,17H,6,11,16H2,1-5H3,(H,24,25)/t17-/m1/s1. The Balaban J connectivity index is 1.85. The molecule has 0 unspecified atom stereocenters. The van der Waals surface area contributed by atoms with Gasteiger partial charge in [0.2, 0.25) is 5.91 Å². The lowest BCUT2D eigenvalue weighted by molar-refractivity contribution is -0.121.